The molecular formula is C12H10N2O5. The van der Waals surface area contributed by atoms with Crippen molar-refractivity contribution in [2.24, 2.45) is 0 Å². The van der Waals surface area contributed by atoms with E-state index in [-0.39, 0.29) is 5.69 Å². The highest BCUT2D eigenvalue weighted by molar-refractivity contribution is 6.02. The second kappa shape index (κ2) is 5.67. The molecule has 0 radical (unpaired) electrons. The lowest BCUT2D eigenvalue weighted by atomic mass is 10.3. The summed E-state index contributed by atoms with van der Waals surface area (Å²) in [6.07, 6.45) is 1.30. The van der Waals surface area contributed by atoms with E-state index in [4.69, 9.17) is 9.84 Å². The van der Waals surface area contributed by atoms with Crippen LogP contribution in [0.25, 0.3) is 0 Å². The highest BCUT2D eigenvalue weighted by Crippen LogP contribution is 2.16. The lowest BCUT2D eigenvalue weighted by Crippen LogP contribution is -2.12. The first-order valence-corrected chi connectivity index (χ1v) is 5.31. The Kier molecular flexibility index (Phi) is 3.77. The first-order valence-electron chi connectivity index (χ1n) is 5.31. The van der Waals surface area contributed by atoms with Crippen LogP contribution in [0.15, 0.2) is 41.1 Å². The van der Waals surface area contributed by atoms with Crippen LogP contribution in [0, 0.1) is 0 Å². The van der Waals surface area contributed by atoms with Gasteiger partial charge in [0.2, 0.25) is 0 Å². The molecule has 0 aliphatic rings. The number of aliphatic carboxylic acids is 1. The van der Waals surface area contributed by atoms with Crippen LogP contribution < -0.4 is 10.1 Å². The van der Waals surface area contributed by atoms with Gasteiger partial charge in [-0.3, -0.25) is 4.79 Å². The zero-order valence-corrected chi connectivity index (χ0v) is 9.70. The normalized spacial score (nSPS) is 9.89. The highest BCUT2D eigenvalue weighted by atomic mass is 16.5. The lowest BCUT2D eigenvalue weighted by Gasteiger charge is -2.05. The van der Waals surface area contributed by atoms with Gasteiger partial charge in [0.15, 0.2) is 12.3 Å². The van der Waals surface area contributed by atoms with E-state index in [1.54, 1.807) is 24.3 Å². The second-order valence-corrected chi connectivity index (χ2v) is 3.55. The number of nitrogens with one attached hydrogen (secondary N) is 1. The molecule has 2 aromatic rings. The van der Waals surface area contributed by atoms with Crippen LogP contribution >= 0.6 is 0 Å². The van der Waals surface area contributed by atoms with Gasteiger partial charge in [0, 0.05) is 11.8 Å². The van der Waals surface area contributed by atoms with E-state index in [1.807, 2.05) is 0 Å². The molecule has 7 heteroatoms. The van der Waals surface area contributed by atoms with E-state index in [1.165, 1.54) is 12.3 Å². The SMILES string of the molecule is O=C(O)COc1ccc(NC(=O)c2ccon2)cc1. The molecule has 0 unspecified atom stereocenters. The van der Waals surface area contributed by atoms with Gasteiger partial charge in [-0.2, -0.15) is 0 Å². The summed E-state index contributed by atoms with van der Waals surface area (Å²) in [6.45, 7) is -0.412. The summed E-state index contributed by atoms with van der Waals surface area (Å²) in [5, 5.41) is 14.6. The third-order valence-corrected chi connectivity index (χ3v) is 2.14. The first kappa shape index (κ1) is 12.6. The van der Waals surface area contributed by atoms with Gasteiger partial charge >= 0.3 is 5.97 Å². The fraction of sp³-hybridized carbons (Fsp3) is 0.0833. The Hall–Kier alpha value is -2.83. The molecule has 0 aliphatic heterocycles. The van der Waals surface area contributed by atoms with E-state index >= 15 is 0 Å². The number of carbonyl (C=O) groups excluding carboxylic acids is 1. The monoisotopic (exact) mass is 262 g/mol. The van der Waals surface area contributed by atoms with Crippen molar-refractivity contribution in [3.8, 4) is 5.75 Å². The largest absolute Gasteiger partial charge is 0.482 e. The van der Waals surface area contributed by atoms with Crippen LogP contribution in [0.5, 0.6) is 5.75 Å². The van der Waals surface area contributed by atoms with Crippen molar-refractivity contribution in [3.63, 3.8) is 0 Å². The van der Waals surface area contributed by atoms with Crippen LogP contribution in [0.2, 0.25) is 0 Å². The van der Waals surface area contributed by atoms with Crippen LogP contribution in [0.1, 0.15) is 10.5 Å². The maximum absolute atomic E-state index is 11.6. The Labute approximate surface area is 107 Å². The fourth-order valence-corrected chi connectivity index (χ4v) is 1.30. The van der Waals surface area contributed by atoms with Gasteiger partial charge < -0.3 is 19.7 Å². The predicted molar refractivity (Wildman–Crippen MR) is 64.0 cm³/mol. The summed E-state index contributed by atoms with van der Waals surface area (Å²) >= 11 is 0. The van der Waals surface area contributed by atoms with Crippen molar-refractivity contribution in [3.05, 3.63) is 42.3 Å². The lowest BCUT2D eigenvalue weighted by molar-refractivity contribution is -0.139. The number of carboxylic acid groups (broad SMARTS) is 1. The molecule has 1 aromatic heterocycles. The number of hydrogen-bond acceptors (Lipinski definition) is 5. The molecule has 2 rings (SSSR count). The smallest absolute Gasteiger partial charge is 0.341 e. The Bertz CT molecular complexity index is 562. The van der Waals surface area contributed by atoms with Crippen LogP contribution in [0.3, 0.4) is 0 Å². The number of carboxylic acids is 1. The van der Waals surface area contributed by atoms with Crippen LogP contribution in [0.4, 0.5) is 5.69 Å². The molecule has 1 aromatic carbocycles. The average molecular weight is 262 g/mol. The van der Waals surface area contributed by atoms with Gasteiger partial charge in [-0.05, 0) is 24.3 Å². The van der Waals surface area contributed by atoms with Crippen molar-refractivity contribution in [1.29, 1.82) is 0 Å². The van der Waals surface area contributed by atoms with Gasteiger partial charge in [-0.1, -0.05) is 5.16 Å². The number of ether oxygens (including phenoxy) is 1. The van der Waals surface area contributed by atoms with E-state index < -0.39 is 18.5 Å². The summed E-state index contributed by atoms with van der Waals surface area (Å²) in [6, 6.07) is 7.74. The number of nitrogens with zero attached hydrogens (tertiary/aromatic N) is 1. The molecular weight excluding hydrogens is 252 g/mol. The Morgan fingerprint density at radius 2 is 2.00 bits per heavy atom. The van der Waals surface area contributed by atoms with Gasteiger partial charge in [0.1, 0.15) is 12.0 Å². The molecule has 7 nitrogen and oxygen atoms in total. The number of aromatic nitrogens is 1. The van der Waals surface area contributed by atoms with E-state index in [9.17, 15) is 9.59 Å². The number of carbonyl (C=O) groups is 2. The Morgan fingerprint density at radius 1 is 1.26 bits per heavy atom. The van der Waals surface area contributed by atoms with Crippen LogP contribution in [-0.4, -0.2) is 28.7 Å². The fourth-order valence-electron chi connectivity index (χ4n) is 1.30. The minimum Gasteiger partial charge on any atom is -0.482 e. The van der Waals surface area contributed by atoms with Crippen molar-refractivity contribution in [2.75, 3.05) is 11.9 Å². The quantitative estimate of drug-likeness (QED) is 0.844. The molecule has 0 fully saturated rings. The number of hydrogen-bond donors (Lipinski definition) is 2. The Morgan fingerprint density at radius 3 is 2.58 bits per heavy atom. The van der Waals surface area contributed by atoms with Crippen molar-refractivity contribution in [1.82, 2.24) is 5.16 Å². The molecule has 0 atom stereocenters. The molecule has 1 heterocycles. The van der Waals surface area contributed by atoms with Crippen molar-refractivity contribution < 1.29 is 24.0 Å². The van der Waals surface area contributed by atoms with E-state index in [0.717, 1.165) is 0 Å². The van der Waals surface area contributed by atoms with Gasteiger partial charge in [-0.15, -0.1) is 0 Å². The zero-order valence-electron chi connectivity index (χ0n) is 9.70. The third-order valence-electron chi connectivity index (χ3n) is 2.14. The molecule has 2 N–H and O–H groups in total. The number of benzene rings is 1. The minimum absolute atomic E-state index is 0.172. The van der Waals surface area contributed by atoms with E-state index in [0.29, 0.717) is 11.4 Å². The minimum atomic E-state index is -1.05. The van der Waals surface area contributed by atoms with Gasteiger partial charge in [0.05, 0.1) is 0 Å². The van der Waals surface area contributed by atoms with Crippen molar-refractivity contribution in [2.45, 2.75) is 0 Å². The number of amides is 1. The topological polar surface area (TPSA) is 102 Å². The summed E-state index contributed by atoms with van der Waals surface area (Å²) in [7, 11) is 0. The van der Waals surface area contributed by atoms with Crippen LogP contribution in [-0.2, 0) is 4.79 Å². The molecule has 19 heavy (non-hydrogen) atoms. The maximum atomic E-state index is 11.6. The molecule has 0 spiro atoms. The summed E-state index contributed by atoms with van der Waals surface area (Å²) in [5.41, 5.74) is 0.710. The highest BCUT2D eigenvalue weighted by Gasteiger charge is 2.09. The van der Waals surface area contributed by atoms with Gasteiger partial charge in [-0.25, -0.2) is 4.79 Å². The number of rotatable bonds is 5. The number of anilines is 1. The molecule has 0 aliphatic carbocycles. The summed E-state index contributed by atoms with van der Waals surface area (Å²) in [4.78, 5) is 22.0. The molecule has 0 saturated heterocycles. The molecule has 0 saturated carbocycles. The Balaban J connectivity index is 1.95. The van der Waals surface area contributed by atoms with Crippen molar-refractivity contribution >= 4 is 17.6 Å². The first-order chi connectivity index (χ1) is 9.15. The summed E-state index contributed by atoms with van der Waals surface area (Å²) in [5.74, 6) is -1.04. The molecule has 1 amide bonds. The third kappa shape index (κ3) is 3.56. The standard InChI is InChI=1S/C12H10N2O5/c15-11(16)7-18-9-3-1-8(2-4-9)13-12(17)10-5-6-19-14-10/h1-6H,7H2,(H,13,17)(H,15,16). The maximum Gasteiger partial charge on any atom is 0.341 e. The molecule has 0 bridgehead atoms. The van der Waals surface area contributed by atoms with Gasteiger partial charge in [0.25, 0.3) is 5.91 Å². The second-order valence-electron chi connectivity index (χ2n) is 3.55. The van der Waals surface area contributed by atoms with E-state index in [2.05, 4.69) is 15.0 Å². The molecule has 98 valence electrons. The summed E-state index contributed by atoms with van der Waals surface area (Å²) < 4.78 is 9.52. The zero-order chi connectivity index (χ0) is 13.7. The average Bonchev–Trinajstić information content (AvgIpc) is 2.92. The predicted octanol–water partition coefficient (Wildman–Crippen LogP) is 1.39.